The Morgan fingerprint density at radius 1 is 1.21 bits per heavy atom. The van der Waals surface area contributed by atoms with Crippen LogP contribution >= 0.6 is 0 Å². The van der Waals surface area contributed by atoms with Crippen LogP contribution in [0, 0.1) is 0 Å². The zero-order valence-electron chi connectivity index (χ0n) is 16.0. The molecule has 0 radical (unpaired) electrons. The molecule has 1 aliphatic carbocycles. The van der Waals surface area contributed by atoms with Crippen molar-refractivity contribution in [1.82, 2.24) is 20.2 Å². The van der Waals surface area contributed by atoms with Gasteiger partial charge in [-0.05, 0) is 59.0 Å². The van der Waals surface area contributed by atoms with Crippen molar-refractivity contribution in [3.63, 3.8) is 0 Å². The second-order valence-corrected chi connectivity index (χ2v) is 7.32. The molecule has 28 heavy (non-hydrogen) atoms. The van der Waals surface area contributed by atoms with Crippen LogP contribution in [0.2, 0.25) is 0 Å². The minimum absolute atomic E-state index is 0.0505. The Balaban J connectivity index is 1.37. The SMILES string of the molecule is CC(C)c1ccc(OCC(=O)Nc2cccc(-c3nnnn3C3CC3)c2)cc1. The molecule has 7 heteroatoms. The normalized spacial score (nSPS) is 13.5. The van der Waals surface area contributed by atoms with Crippen LogP contribution in [0.5, 0.6) is 5.75 Å². The van der Waals surface area contributed by atoms with Crippen molar-refractivity contribution >= 4 is 11.6 Å². The number of aromatic nitrogens is 4. The predicted molar refractivity (Wildman–Crippen MR) is 106 cm³/mol. The molecule has 1 fully saturated rings. The summed E-state index contributed by atoms with van der Waals surface area (Å²) in [6, 6.07) is 15.7. The average Bonchev–Trinajstić information content (AvgIpc) is 3.43. The number of rotatable bonds is 7. The molecule has 0 aliphatic heterocycles. The van der Waals surface area contributed by atoms with Crippen molar-refractivity contribution in [3.8, 4) is 17.1 Å². The van der Waals surface area contributed by atoms with E-state index < -0.39 is 0 Å². The van der Waals surface area contributed by atoms with E-state index in [0.717, 1.165) is 24.2 Å². The smallest absolute Gasteiger partial charge is 0.262 e. The summed E-state index contributed by atoms with van der Waals surface area (Å²) in [6.45, 7) is 4.23. The minimum atomic E-state index is -0.216. The number of benzene rings is 2. The molecule has 1 aliphatic rings. The number of carbonyl (C=O) groups excluding carboxylic acids is 1. The molecule has 1 saturated carbocycles. The van der Waals surface area contributed by atoms with Crippen LogP contribution in [0.4, 0.5) is 5.69 Å². The van der Waals surface area contributed by atoms with Gasteiger partial charge in [0.15, 0.2) is 12.4 Å². The monoisotopic (exact) mass is 377 g/mol. The molecule has 0 unspecified atom stereocenters. The fourth-order valence-electron chi connectivity index (χ4n) is 2.98. The quantitative estimate of drug-likeness (QED) is 0.677. The highest BCUT2D eigenvalue weighted by molar-refractivity contribution is 5.92. The van der Waals surface area contributed by atoms with Crippen LogP contribution < -0.4 is 10.1 Å². The highest BCUT2D eigenvalue weighted by Crippen LogP contribution is 2.36. The number of tetrazole rings is 1. The van der Waals surface area contributed by atoms with E-state index in [-0.39, 0.29) is 12.5 Å². The van der Waals surface area contributed by atoms with E-state index in [9.17, 15) is 4.79 Å². The predicted octanol–water partition coefficient (Wildman–Crippen LogP) is 3.82. The molecule has 1 amide bonds. The second-order valence-electron chi connectivity index (χ2n) is 7.32. The van der Waals surface area contributed by atoms with E-state index in [2.05, 4.69) is 34.7 Å². The van der Waals surface area contributed by atoms with E-state index in [1.54, 1.807) is 0 Å². The van der Waals surface area contributed by atoms with Gasteiger partial charge in [0.25, 0.3) is 5.91 Å². The number of anilines is 1. The van der Waals surface area contributed by atoms with Crippen LogP contribution in [0.25, 0.3) is 11.4 Å². The number of ether oxygens (including phenoxy) is 1. The zero-order chi connectivity index (χ0) is 19.5. The van der Waals surface area contributed by atoms with Gasteiger partial charge in [-0.15, -0.1) is 5.10 Å². The number of carbonyl (C=O) groups is 1. The Morgan fingerprint density at radius 2 is 2.00 bits per heavy atom. The lowest BCUT2D eigenvalue weighted by Gasteiger charge is -2.10. The Morgan fingerprint density at radius 3 is 2.71 bits per heavy atom. The van der Waals surface area contributed by atoms with Crippen molar-refractivity contribution in [3.05, 3.63) is 54.1 Å². The van der Waals surface area contributed by atoms with Crippen molar-refractivity contribution in [1.29, 1.82) is 0 Å². The van der Waals surface area contributed by atoms with Crippen molar-refractivity contribution < 1.29 is 9.53 Å². The molecular formula is C21H23N5O2. The first kappa shape index (κ1) is 18.2. The Hall–Kier alpha value is -3.22. The van der Waals surface area contributed by atoms with Crippen LogP contribution in [0.1, 0.15) is 44.2 Å². The fraction of sp³-hybridized carbons (Fsp3) is 0.333. The van der Waals surface area contributed by atoms with Gasteiger partial charge in [-0.3, -0.25) is 4.79 Å². The first-order valence-electron chi connectivity index (χ1n) is 9.51. The Kier molecular flexibility index (Phi) is 5.06. The molecular weight excluding hydrogens is 354 g/mol. The number of hydrogen-bond donors (Lipinski definition) is 1. The zero-order valence-corrected chi connectivity index (χ0v) is 16.0. The van der Waals surface area contributed by atoms with Crippen molar-refractivity contribution in [2.24, 2.45) is 0 Å². The molecule has 3 aromatic rings. The molecule has 1 aromatic heterocycles. The largest absolute Gasteiger partial charge is 0.484 e. The molecule has 0 spiro atoms. The molecule has 1 N–H and O–H groups in total. The van der Waals surface area contributed by atoms with Gasteiger partial charge in [0.2, 0.25) is 0 Å². The topological polar surface area (TPSA) is 81.9 Å². The highest BCUT2D eigenvalue weighted by Gasteiger charge is 2.28. The van der Waals surface area contributed by atoms with Gasteiger partial charge in [0.1, 0.15) is 5.75 Å². The maximum Gasteiger partial charge on any atom is 0.262 e. The fourth-order valence-corrected chi connectivity index (χ4v) is 2.98. The summed E-state index contributed by atoms with van der Waals surface area (Å²) in [4.78, 5) is 12.3. The standard InChI is InChI=1S/C21H23N5O2/c1-14(2)15-6-10-19(11-7-15)28-13-20(27)22-17-5-3-4-16(12-17)21-23-24-25-26(21)18-8-9-18/h3-7,10-12,14,18H,8-9,13H2,1-2H3,(H,22,27). The molecule has 1 heterocycles. The van der Waals surface area contributed by atoms with Crippen LogP contribution in [0.15, 0.2) is 48.5 Å². The van der Waals surface area contributed by atoms with Gasteiger partial charge in [-0.25, -0.2) is 4.68 Å². The first-order valence-corrected chi connectivity index (χ1v) is 9.51. The van der Waals surface area contributed by atoms with Crippen LogP contribution in [0.3, 0.4) is 0 Å². The summed E-state index contributed by atoms with van der Waals surface area (Å²) in [5.41, 5.74) is 2.80. The number of nitrogens with one attached hydrogen (secondary N) is 1. The number of hydrogen-bond acceptors (Lipinski definition) is 5. The van der Waals surface area contributed by atoms with E-state index in [4.69, 9.17) is 4.74 Å². The number of nitrogens with zero attached hydrogens (tertiary/aromatic N) is 4. The molecule has 0 saturated heterocycles. The molecule has 0 atom stereocenters. The van der Waals surface area contributed by atoms with Crippen LogP contribution in [-0.2, 0) is 4.79 Å². The van der Waals surface area contributed by atoms with Gasteiger partial charge in [0, 0.05) is 11.3 Å². The third kappa shape index (κ3) is 4.19. The van der Waals surface area contributed by atoms with Gasteiger partial charge >= 0.3 is 0 Å². The summed E-state index contributed by atoms with van der Waals surface area (Å²) >= 11 is 0. The van der Waals surface area contributed by atoms with Gasteiger partial charge in [-0.2, -0.15) is 0 Å². The van der Waals surface area contributed by atoms with E-state index >= 15 is 0 Å². The van der Waals surface area contributed by atoms with E-state index in [1.165, 1.54) is 5.56 Å². The third-order valence-corrected chi connectivity index (χ3v) is 4.71. The molecule has 7 nitrogen and oxygen atoms in total. The number of amides is 1. The lowest BCUT2D eigenvalue weighted by molar-refractivity contribution is -0.118. The minimum Gasteiger partial charge on any atom is -0.484 e. The van der Waals surface area contributed by atoms with Crippen molar-refractivity contribution in [2.75, 3.05) is 11.9 Å². The van der Waals surface area contributed by atoms with Crippen LogP contribution in [-0.4, -0.2) is 32.7 Å². The lowest BCUT2D eigenvalue weighted by atomic mass is 10.0. The maximum absolute atomic E-state index is 12.3. The van der Waals surface area contributed by atoms with Gasteiger partial charge in [-0.1, -0.05) is 38.1 Å². The van der Waals surface area contributed by atoms with Crippen molar-refractivity contribution in [2.45, 2.75) is 38.6 Å². The van der Waals surface area contributed by atoms with E-state index in [0.29, 0.717) is 23.4 Å². The first-order chi connectivity index (χ1) is 13.6. The van der Waals surface area contributed by atoms with E-state index in [1.807, 2.05) is 53.2 Å². The lowest BCUT2D eigenvalue weighted by Crippen LogP contribution is -2.20. The molecule has 0 bridgehead atoms. The summed E-state index contributed by atoms with van der Waals surface area (Å²) in [5, 5.41) is 14.9. The third-order valence-electron chi connectivity index (χ3n) is 4.71. The average molecular weight is 377 g/mol. The highest BCUT2D eigenvalue weighted by atomic mass is 16.5. The molecule has 2 aromatic carbocycles. The summed E-state index contributed by atoms with van der Waals surface area (Å²) in [7, 11) is 0. The maximum atomic E-state index is 12.3. The van der Waals surface area contributed by atoms with Gasteiger partial charge < -0.3 is 10.1 Å². The molecule has 144 valence electrons. The summed E-state index contributed by atoms with van der Waals surface area (Å²) in [5.74, 6) is 1.65. The summed E-state index contributed by atoms with van der Waals surface area (Å²) < 4.78 is 7.44. The Bertz CT molecular complexity index is 961. The Labute approximate surface area is 163 Å². The second kappa shape index (κ2) is 7.80. The molecule has 4 rings (SSSR count). The summed E-state index contributed by atoms with van der Waals surface area (Å²) in [6.07, 6.45) is 2.20. The van der Waals surface area contributed by atoms with Gasteiger partial charge in [0.05, 0.1) is 6.04 Å².